The lowest BCUT2D eigenvalue weighted by atomic mass is 10.1. The summed E-state index contributed by atoms with van der Waals surface area (Å²) in [6.07, 6.45) is 0. The lowest BCUT2D eigenvalue weighted by Gasteiger charge is -2.34. The van der Waals surface area contributed by atoms with Gasteiger partial charge < -0.3 is 24.1 Å². The van der Waals surface area contributed by atoms with Crippen LogP contribution in [0.15, 0.2) is 40.8 Å². The third-order valence-electron chi connectivity index (χ3n) is 5.26. The molecular formula is C21H27N3O4. The Labute approximate surface area is 165 Å². The van der Waals surface area contributed by atoms with Crippen molar-refractivity contribution in [3.8, 4) is 5.75 Å². The van der Waals surface area contributed by atoms with Crippen molar-refractivity contribution in [3.05, 3.63) is 53.5 Å². The van der Waals surface area contributed by atoms with Crippen molar-refractivity contribution < 1.29 is 18.7 Å². The van der Waals surface area contributed by atoms with E-state index in [2.05, 4.69) is 10.2 Å². The number of benzene rings is 1. The number of urea groups is 1. The number of carbonyl (C=O) groups excluding carboxylic acids is 1. The van der Waals surface area contributed by atoms with Crippen molar-refractivity contribution in [1.82, 2.24) is 15.1 Å². The molecule has 2 aliphatic rings. The number of aryl methyl sites for hydroxylation is 1. The van der Waals surface area contributed by atoms with E-state index in [0.29, 0.717) is 39.5 Å². The minimum Gasteiger partial charge on any atom is -0.491 e. The summed E-state index contributed by atoms with van der Waals surface area (Å²) in [6.45, 7) is 7.07. The molecule has 1 aromatic carbocycles. The lowest BCUT2D eigenvalue weighted by Crippen LogP contribution is -2.47. The average Bonchev–Trinajstić information content (AvgIpc) is 3.03. The van der Waals surface area contributed by atoms with Crippen molar-refractivity contribution in [2.24, 2.45) is 0 Å². The Bertz CT molecular complexity index is 800. The van der Waals surface area contributed by atoms with Gasteiger partial charge in [0.25, 0.3) is 0 Å². The van der Waals surface area contributed by atoms with E-state index in [1.165, 1.54) is 0 Å². The molecule has 28 heavy (non-hydrogen) atoms. The Morgan fingerprint density at radius 3 is 2.71 bits per heavy atom. The molecule has 2 aliphatic heterocycles. The molecule has 7 nitrogen and oxygen atoms in total. The molecule has 0 saturated carbocycles. The summed E-state index contributed by atoms with van der Waals surface area (Å²) < 4.78 is 17.1. The summed E-state index contributed by atoms with van der Waals surface area (Å²) >= 11 is 0. The molecule has 0 bridgehead atoms. The first-order valence-electron chi connectivity index (χ1n) is 9.82. The number of hydrogen-bond acceptors (Lipinski definition) is 5. The van der Waals surface area contributed by atoms with Gasteiger partial charge in [0.2, 0.25) is 0 Å². The first-order chi connectivity index (χ1) is 13.7. The maximum atomic E-state index is 12.9. The van der Waals surface area contributed by atoms with Crippen LogP contribution in [0.5, 0.6) is 5.75 Å². The largest absolute Gasteiger partial charge is 0.491 e. The van der Waals surface area contributed by atoms with Gasteiger partial charge in [-0.1, -0.05) is 18.2 Å². The molecule has 3 heterocycles. The third-order valence-corrected chi connectivity index (χ3v) is 5.26. The van der Waals surface area contributed by atoms with Gasteiger partial charge in [0.1, 0.15) is 23.9 Å². The summed E-state index contributed by atoms with van der Waals surface area (Å²) in [5.41, 5.74) is 1.03. The fourth-order valence-corrected chi connectivity index (χ4v) is 3.73. The highest BCUT2D eigenvalue weighted by Crippen LogP contribution is 2.24. The number of fused-ring (bicyclic) bond motifs is 1. The quantitative estimate of drug-likeness (QED) is 0.876. The second-order valence-electron chi connectivity index (χ2n) is 7.18. The highest BCUT2D eigenvalue weighted by Gasteiger charge is 2.27. The molecule has 1 aromatic heterocycles. The number of hydrogen-bond donors (Lipinski definition) is 1. The molecule has 1 N–H and O–H groups in total. The van der Waals surface area contributed by atoms with E-state index in [0.717, 1.165) is 35.9 Å². The van der Waals surface area contributed by atoms with Crippen LogP contribution < -0.4 is 10.1 Å². The Kier molecular flexibility index (Phi) is 5.83. The second-order valence-corrected chi connectivity index (χ2v) is 7.18. The van der Waals surface area contributed by atoms with E-state index in [4.69, 9.17) is 13.9 Å². The van der Waals surface area contributed by atoms with Crippen LogP contribution >= 0.6 is 0 Å². The summed E-state index contributed by atoms with van der Waals surface area (Å²) in [4.78, 5) is 17.0. The zero-order valence-corrected chi connectivity index (χ0v) is 16.2. The molecule has 1 unspecified atom stereocenters. The number of rotatable bonds is 4. The average molecular weight is 385 g/mol. The van der Waals surface area contributed by atoms with Crippen LogP contribution in [0.25, 0.3) is 0 Å². The van der Waals surface area contributed by atoms with Gasteiger partial charge in [-0.15, -0.1) is 0 Å². The van der Waals surface area contributed by atoms with Crippen LogP contribution in [0.2, 0.25) is 0 Å². The molecule has 7 heteroatoms. The van der Waals surface area contributed by atoms with Crippen molar-refractivity contribution in [3.63, 3.8) is 0 Å². The minimum atomic E-state index is -0.0816. The summed E-state index contributed by atoms with van der Waals surface area (Å²) in [7, 11) is 0. The number of furan rings is 1. The second kappa shape index (κ2) is 8.67. The Hall–Kier alpha value is -2.51. The van der Waals surface area contributed by atoms with Gasteiger partial charge in [0.15, 0.2) is 0 Å². The van der Waals surface area contributed by atoms with Crippen molar-refractivity contribution in [1.29, 1.82) is 0 Å². The number of carbonyl (C=O) groups is 1. The van der Waals surface area contributed by atoms with Gasteiger partial charge in [-0.25, -0.2) is 4.79 Å². The molecule has 4 rings (SSSR count). The normalized spacial score (nSPS) is 18.7. The number of nitrogens with one attached hydrogen (secondary N) is 1. The van der Waals surface area contributed by atoms with Gasteiger partial charge in [-0.2, -0.15) is 0 Å². The SMILES string of the molecule is Cc1ccc(C(CNC(=O)N2CCOc3ccccc3C2)N2CCOCC2)o1. The zero-order valence-electron chi connectivity index (χ0n) is 16.2. The Morgan fingerprint density at radius 2 is 1.93 bits per heavy atom. The fourth-order valence-electron chi connectivity index (χ4n) is 3.73. The van der Waals surface area contributed by atoms with Gasteiger partial charge in [-0.05, 0) is 25.1 Å². The van der Waals surface area contributed by atoms with Crippen molar-refractivity contribution in [2.75, 3.05) is 46.0 Å². The van der Waals surface area contributed by atoms with Crippen molar-refractivity contribution >= 4 is 6.03 Å². The van der Waals surface area contributed by atoms with Gasteiger partial charge in [-0.3, -0.25) is 4.90 Å². The standard InChI is InChI=1S/C21H27N3O4/c1-16-6-7-20(28-16)18(23-8-11-26-12-9-23)14-22-21(25)24-10-13-27-19-5-3-2-4-17(19)15-24/h2-7,18H,8-15H2,1H3,(H,22,25). The molecule has 2 amide bonds. The molecule has 0 spiro atoms. The maximum absolute atomic E-state index is 12.9. The first-order valence-corrected chi connectivity index (χ1v) is 9.82. The highest BCUT2D eigenvalue weighted by atomic mass is 16.5. The third kappa shape index (κ3) is 4.31. The number of ether oxygens (including phenoxy) is 2. The predicted octanol–water partition coefficient (Wildman–Crippen LogP) is 2.57. The van der Waals surface area contributed by atoms with E-state index in [1.807, 2.05) is 43.3 Å². The van der Waals surface area contributed by atoms with E-state index in [9.17, 15) is 4.79 Å². The van der Waals surface area contributed by atoms with Crippen LogP contribution in [0.1, 0.15) is 23.1 Å². The molecule has 0 aliphatic carbocycles. The molecule has 0 radical (unpaired) electrons. The van der Waals surface area contributed by atoms with Crippen LogP contribution in [0.3, 0.4) is 0 Å². The highest BCUT2D eigenvalue weighted by molar-refractivity contribution is 5.74. The predicted molar refractivity (Wildman–Crippen MR) is 104 cm³/mol. The molecule has 2 aromatic rings. The molecule has 1 saturated heterocycles. The van der Waals surface area contributed by atoms with E-state index in [-0.39, 0.29) is 12.1 Å². The number of para-hydroxylation sites is 1. The summed E-state index contributed by atoms with van der Waals surface area (Å²) in [6, 6.07) is 11.8. The number of nitrogens with zero attached hydrogens (tertiary/aromatic N) is 2. The van der Waals surface area contributed by atoms with Crippen LogP contribution in [0.4, 0.5) is 4.79 Å². The smallest absolute Gasteiger partial charge is 0.317 e. The van der Waals surface area contributed by atoms with Gasteiger partial charge in [0.05, 0.1) is 32.3 Å². The van der Waals surface area contributed by atoms with Crippen LogP contribution in [0, 0.1) is 6.92 Å². The van der Waals surface area contributed by atoms with Gasteiger partial charge >= 0.3 is 6.03 Å². The molecule has 1 atom stereocenters. The molecule has 150 valence electrons. The van der Waals surface area contributed by atoms with Gasteiger partial charge in [0, 0.05) is 25.2 Å². The number of amides is 2. The van der Waals surface area contributed by atoms with Crippen LogP contribution in [-0.2, 0) is 11.3 Å². The number of morpholine rings is 1. The first kappa shape index (κ1) is 18.8. The fraction of sp³-hybridized carbons (Fsp3) is 0.476. The zero-order chi connectivity index (χ0) is 19.3. The Balaban J connectivity index is 1.42. The molecule has 1 fully saturated rings. The van der Waals surface area contributed by atoms with E-state index in [1.54, 1.807) is 4.90 Å². The lowest BCUT2D eigenvalue weighted by molar-refractivity contribution is 0.0119. The molecular weight excluding hydrogens is 358 g/mol. The minimum absolute atomic E-state index is 0.00272. The summed E-state index contributed by atoms with van der Waals surface area (Å²) in [5.74, 6) is 2.61. The monoisotopic (exact) mass is 385 g/mol. The van der Waals surface area contributed by atoms with E-state index < -0.39 is 0 Å². The Morgan fingerprint density at radius 1 is 1.11 bits per heavy atom. The van der Waals surface area contributed by atoms with Crippen molar-refractivity contribution in [2.45, 2.75) is 19.5 Å². The maximum Gasteiger partial charge on any atom is 0.317 e. The van der Waals surface area contributed by atoms with E-state index >= 15 is 0 Å². The topological polar surface area (TPSA) is 67.2 Å². The van der Waals surface area contributed by atoms with Crippen LogP contribution in [-0.4, -0.2) is 61.8 Å². The summed E-state index contributed by atoms with van der Waals surface area (Å²) in [5, 5.41) is 3.11.